The molecular weight excluding hydrogens is 464 g/mol. The fourth-order valence-corrected chi connectivity index (χ4v) is 4.28. The van der Waals surface area contributed by atoms with E-state index in [-0.39, 0.29) is 5.91 Å². The number of pyridine rings is 1. The zero-order valence-corrected chi connectivity index (χ0v) is 20.0. The highest BCUT2D eigenvalue weighted by atomic mass is 35.5. The number of morpholine rings is 1. The van der Waals surface area contributed by atoms with Crippen LogP contribution in [0.2, 0.25) is 5.02 Å². The number of anilines is 2. The minimum atomic E-state index is -0.0736. The van der Waals surface area contributed by atoms with Crippen molar-refractivity contribution < 1.29 is 9.53 Å². The first kappa shape index (κ1) is 23.3. The Kier molecular flexibility index (Phi) is 7.23. The van der Waals surface area contributed by atoms with Gasteiger partial charge in [0.05, 0.1) is 18.9 Å². The first-order valence-electron chi connectivity index (χ1n) is 11.7. The molecule has 4 aromatic rings. The maximum Gasteiger partial charge on any atom is 0.251 e. The first-order chi connectivity index (χ1) is 17.2. The van der Waals surface area contributed by atoms with Crippen LogP contribution in [0, 0.1) is 0 Å². The quantitative estimate of drug-likeness (QED) is 0.359. The fraction of sp³-hybridized carbons (Fsp3) is 0.269. The van der Waals surface area contributed by atoms with E-state index >= 15 is 0 Å². The van der Waals surface area contributed by atoms with Crippen molar-refractivity contribution in [1.29, 1.82) is 0 Å². The molecule has 5 rings (SSSR count). The molecule has 0 radical (unpaired) electrons. The first-order valence-corrected chi connectivity index (χ1v) is 12.1. The van der Waals surface area contributed by atoms with Crippen molar-refractivity contribution in [2.75, 3.05) is 44.7 Å². The summed E-state index contributed by atoms with van der Waals surface area (Å²) in [5, 5.41) is 11.5. The van der Waals surface area contributed by atoms with Crippen LogP contribution in [-0.4, -0.2) is 64.8 Å². The van der Waals surface area contributed by atoms with E-state index in [9.17, 15) is 4.79 Å². The van der Waals surface area contributed by atoms with Gasteiger partial charge in [-0.15, -0.1) is 5.10 Å². The summed E-state index contributed by atoms with van der Waals surface area (Å²) in [5.41, 5.74) is 3.99. The number of amides is 1. The summed E-state index contributed by atoms with van der Waals surface area (Å²) in [6, 6.07) is 20.8. The molecule has 2 aromatic carbocycles. The highest BCUT2D eigenvalue weighted by Crippen LogP contribution is 2.24. The topological polar surface area (TPSA) is 83.8 Å². The normalized spacial score (nSPS) is 14.2. The summed E-state index contributed by atoms with van der Waals surface area (Å²) in [5.74, 6) is 0.398. The van der Waals surface area contributed by atoms with Crippen molar-refractivity contribution in [2.24, 2.45) is 0 Å². The number of nitrogens with zero attached hydrogens (tertiary/aromatic N) is 4. The van der Waals surface area contributed by atoms with E-state index in [1.54, 1.807) is 16.6 Å². The third kappa shape index (κ3) is 5.79. The van der Waals surface area contributed by atoms with Gasteiger partial charge in [-0.1, -0.05) is 29.8 Å². The van der Waals surface area contributed by atoms with Gasteiger partial charge in [0.25, 0.3) is 5.91 Å². The molecule has 1 aliphatic heterocycles. The molecule has 0 aliphatic carbocycles. The Morgan fingerprint density at radius 3 is 2.63 bits per heavy atom. The van der Waals surface area contributed by atoms with Gasteiger partial charge in [0, 0.05) is 41.5 Å². The van der Waals surface area contributed by atoms with E-state index in [0.29, 0.717) is 23.1 Å². The Morgan fingerprint density at radius 1 is 1.03 bits per heavy atom. The maximum absolute atomic E-state index is 12.5. The summed E-state index contributed by atoms with van der Waals surface area (Å²) >= 11 is 6.17. The monoisotopic (exact) mass is 490 g/mol. The van der Waals surface area contributed by atoms with Gasteiger partial charge >= 0.3 is 0 Å². The molecule has 1 aliphatic rings. The third-order valence-corrected chi connectivity index (χ3v) is 6.16. The van der Waals surface area contributed by atoms with Crippen molar-refractivity contribution in [3.63, 3.8) is 0 Å². The van der Waals surface area contributed by atoms with Crippen LogP contribution in [-0.2, 0) is 4.74 Å². The summed E-state index contributed by atoms with van der Waals surface area (Å²) < 4.78 is 7.15. The van der Waals surface area contributed by atoms with Crippen LogP contribution in [0.4, 0.5) is 11.6 Å². The van der Waals surface area contributed by atoms with Gasteiger partial charge in [-0.3, -0.25) is 9.69 Å². The van der Waals surface area contributed by atoms with Gasteiger partial charge in [0.2, 0.25) is 5.95 Å². The molecule has 1 fully saturated rings. The lowest BCUT2D eigenvalue weighted by Crippen LogP contribution is -2.38. The minimum absolute atomic E-state index is 0.0736. The zero-order valence-electron chi connectivity index (χ0n) is 19.3. The number of hydrogen-bond donors (Lipinski definition) is 2. The van der Waals surface area contributed by atoms with Gasteiger partial charge in [-0.2, -0.15) is 4.98 Å². The Morgan fingerprint density at radius 2 is 1.83 bits per heavy atom. The van der Waals surface area contributed by atoms with Gasteiger partial charge < -0.3 is 15.4 Å². The Labute approximate surface area is 208 Å². The summed E-state index contributed by atoms with van der Waals surface area (Å²) in [7, 11) is 0. The van der Waals surface area contributed by atoms with Crippen LogP contribution in [0.25, 0.3) is 16.9 Å². The molecule has 0 saturated carbocycles. The number of benzene rings is 2. The molecule has 180 valence electrons. The second kappa shape index (κ2) is 10.9. The smallest absolute Gasteiger partial charge is 0.251 e. The van der Waals surface area contributed by atoms with Gasteiger partial charge in [0.15, 0.2) is 5.65 Å². The molecule has 1 saturated heterocycles. The van der Waals surface area contributed by atoms with Crippen LogP contribution in [0.3, 0.4) is 0 Å². The molecule has 8 nitrogen and oxygen atoms in total. The van der Waals surface area contributed by atoms with E-state index in [2.05, 4.69) is 25.6 Å². The van der Waals surface area contributed by atoms with Crippen molar-refractivity contribution in [1.82, 2.24) is 24.8 Å². The second-order valence-electron chi connectivity index (χ2n) is 8.39. The van der Waals surface area contributed by atoms with E-state index in [0.717, 1.165) is 61.9 Å². The minimum Gasteiger partial charge on any atom is -0.379 e. The summed E-state index contributed by atoms with van der Waals surface area (Å²) in [6.07, 6.45) is 0.919. The lowest BCUT2D eigenvalue weighted by atomic mass is 10.1. The van der Waals surface area contributed by atoms with E-state index < -0.39 is 0 Å². The molecule has 2 N–H and O–H groups in total. The molecule has 9 heteroatoms. The van der Waals surface area contributed by atoms with Crippen molar-refractivity contribution in [2.45, 2.75) is 6.42 Å². The van der Waals surface area contributed by atoms with Gasteiger partial charge in [-0.05, 0) is 61.5 Å². The molecule has 3 heterocycles. The van der Waals surface area contributed by atoms with E-state index in [1.807, 2.05) is 54.6 Å². The number of hydrogen-bond acceptors (Lipinski definition) is 6. The molecular formula is C26H27ClN6O2. The van der Waals surface area contributed by atoms with E-state index in [4.69, 9.17) is 16.3 Å². The largest absolute Gasteiger partial charge is 0.379 e. The van der Waals surface area contributed by atoms with Crippen LogP contribution < -0.4 is 10.6 Å². The molecule has 2 aromatic heterocycles. The molecule has 0 bridgehead atoms. The number of fused-ring (bicyclic) bond motifs is 1. The van der Waals surface area contributed by atoms with Crippen LogP contribution in [0.5, 0.6) is 0 Å². The number of carbonyl (C=O) groups excluding carboxylic acids is 1. The van der Waals surface area contributed by atoms with Crippen molar-refractivity contribution in [3.8, 4) is 11.3 Å². The molecule has 35 heavy (non-hydrogen) atoms. The number of ether oxygens (including phenoxy) is 1. The van der Waals surface area contributed by atoms with Gasteiger partial charge in [-0.25, -0.2) is 4.52 Å². The Hall–Kier alpha value is -3.46. The summed E-state index contributed by atoms with van der Waals surface area (Å²) in [4.78, 5) is 19.4. The summed E-state index contributed by atoms with van der Waals surface area (Å²) in [6.45, 7) is 5.13. The van der Waals surface area contributed by atoms with Crippen LogP contribution in [0.15, 0.2) is 66.7 Å². The highest BCUT2D eigenvalue weighted by Gasteiger charge is 2.12. The fourth-order valence-electron chi connectivity index (χ4n) is 4.09. The Bertz CT molecular complexity index is 1300. The lowest BCUT2D eigenvalue weighted by Gasteiger charge is -2.26. The maximum atomic E-state index is 12.5. The highest BCUT2D eigenvalue weighted by molar-refractivity contribution is 6.30. The number of rotatable bonds is 8. The SMILES string of the molecule is O=C(NCCCN1CCOCC1)c1ccc(Nc2nc3cccc(-c4cccc(Cl)c4)n3n2)cc1. The van der Waals surface area contributed by atoms with Crippen molar-refractivity contribution >= 4 is 34.8 Å². The number of carbonyl (C=O) groups is 1. The number of halogens is 1. The number of aromatic nitrogens is 3. The molecule has 0 unspecified atom stereocenters. The van der Waals surface area contributed by atoms with Crippen molar-refractivity contribution in [3.05, 3.63) is 77.3 Å². The standard InChI is InChI=1S/C26H27ClN6O2/c27-21-5-1-4-20(18-21)23-6-2-7-24-30-26(31-33(23)24)29-22-10-8-19(9-11-22)25(34)28-12-3-13-32-14-16-35-17-15-32/h1-2,4-11,18H,3,12-17H2,(H,28,34)(H,29,31). The lowest BCUT2D eigenvalue weighted by molar-refractivity contribution is 0.0374. The molecule has 0 spiro atoms. The average Bonchev–Trinajstić information content (AvgIpc) is 3.30. The second-order valence-corrected chi connectivity index (χ2v) is 8.83. The predicted molar refractivity (Wildman–Crippen MR) is 137 cm³/mol. The third-order valence-electron chi connectivity index (χ3n) is 5.92. The molecule has 0 atom stereocenters. The van der Waals surface area contributed by atoms with E-state index in [1.165, 1.54) is 0 Å². The molecule has 1 amide bonds. The van der Waals surface area contributed by atoms with Crippen LogP contribution >= 0.6 is 11.6 Å². The average molecular weight is 491 g/mol. The number of nitrogens with one attached hydrogen (secondary N) is 2. The van der Waals surface area contributed by atoms with Gasteiger partial charge in [0.1, 0.15) is 0 Å². The van der Waals surface area contributed by atoms with Crippen LogP contribution in [0.1, 0.15) is 16.8 Å². The zero-order chi connectivity index (χ0) is 24.0. The predicted octanol–water partition coefficient (Wildman–Crippen LogP) is 4.25. The Balaban J connectivity index is 1.19.